The Labute approximate surface area is 185 Å². The molecule has 2 N–H and O–H groups in total. The summed E-state index contributed by atoms with van der Waals surface area (Å²) in [6.45, 7) is 2.33. The van der Waals surface area contributed by atoms with E-state index < -0.39 is 0 Å². The van der Waals surface area contributed by atoms with E-state index in [1.54, 1.807) is 13.2 Å². The van der Waals surface area contributed by atoms with Gasteiger partial charge in [-0.1, -0.05) is 35.3 Å². The number of nitrogens with one attached hydrogen (secondary N) is 2. The van der Waals surface area contributed by atoms with E-state index in [0.717, 1.165) is 22.5 Å². The second-order valence-electron chi connectivity index (χ2n) is 6.63. The largest absolute Gasteiger partial charge is 0.493 e. The number of carbonyl (C=O) groups is 1. The Morgan fingerprint density at radius 2 is 1.70 bits per heavy atom. The van der Waals surface area contributed by atoms with Crippen molar-refractivity contribution in [1.29, 1.82) is 0 Å². The molecule has 30 heavy (non-hydrogen) atoms. The van der Waals surface area contributed by atoms with Gasteiger partial charge in [-0.15, -0.1) is 0 Å². The van der Waals surface area contributed by atoms with Crippen LogP contribution in [-0.4, -0.2) is 13.0 Å². The van der Waals surface area contributed by atoms with Gasteiger partial charge in [0.25, 0.3) is 0 Å². The highest BCUT2D eigenvalue weighted by atomic mass is 35.5. The molecule has 0 bridgehead atoms. The predicted molar refractivity (Wildman–Crippen MR) is 122 cm³/mol. The van der Waals surface area contributed by atoms with E-state index in [0.29, 0.717) is 34.7 Å². The van der Waals surface area contributed by atoms with Crippen LogP contribution in [0.15, 0.2) is 60.7 Å². The fourth-order valence-corrected chi connectivity index (χ4v) is 3.28. The van der Waals surface area contributed by atoms with Crippen molar-refractivity contribution in [3.05, 3.63) is 81.8 Å². The van der Waals surface area contributed by atoms with Crippen LogP contribution in [0.4, 0.5) is 11.4 Å². The Hall–Kier alpha value is -2.89. The molecule has 0 fully saturated rings. The van der Waals surface area contributed by atoms with Crippen LogP contribution in [0.25, 0.3) is 0 Å². The van der Waals surface area contributed by atoms with Crippen LogP contribution < -0.4 is 20.1 Å². The van der Waals surface area contributed by atoms with Gasteiger partial charge in [-0.05, 0) is 53.6 Å². The van der Waals surface area contributed by atoms with Crippen LogP contribution in [0.5, 0.6) is 11.5 Å². The highest BCUT2D eigenvalue weighted by molar-refractivity contribution is 6.31. The van der Waals surface area contributed by atoms with Crippen molar-refractivity contribution in [2.45, 2.75) is 20.1 Å². The number of amides is 1. The smallest absolute Gasteiger partial charge is 0.221 e. The number of anilines is 2. The Kier molecular flexibility index (Phi) is 7.44. The molecule has 156 valence electrons. The maximum absolute atomic E-state index is 11.1. The second-order valence-corrected chi connectivity index (χ2v) is 7.47. The predicted octanol–water partition coefficient (Wildman–Crippen LogP) is 6.15. The second kappa shape index (κ2) is 10.2. The lowest BCUT2D eigenvalue weighted by Crippen LogP contribution is -2.06. The minimum absolute atomic E-state index is 0.104. The van der Waals surface area contributed by atoms with Gasteiger partial charge in [-0.3, -0.25) is 4.79 Å². The fraction of sp³-hybridized carbons (Fsp3) is 0.174. The van der Waals surface area contributed by atoms with E-state index >= 15 is 0 Å². The van der Waals surface area contributed by atoms with Crippen LogP contribution in [-0.2, 0) is 17.9 Å². The van der Waals surface area contributed by atoms with Gasteiger partial charge in [-0.2, -0.15) is 0 Å². The summed E-state index contributed by atoms with van der Waals surface area (Å²) in [7, 11) is 1.59. The third kappa shape index (κ3) is 6.05. The SMILES string of the molecule is COc1cc(CNc2ccc(NC(C)=O)cc2)c(Cl)cc1OCc1cccc(Cl)c1. The van der Waals surface area contributed by atoms with E-state index in [1.807, 2.05) is 54.6 Å². The standard InChI is InChI=1S/C23H22Cl2N2O3/c1-15(28)27-20-8-6-19(7-9-20)26-13-17-11-22(29-2)23(12-21(17)25)30-14-16-4-3-5-18(24)10-16/h3-12,26H,13-14H2,1-2H3,(H,27,28). The van der Waals surface area contributed by atoms with Crippen molar-refractivity contribution in [2.75, 3.05) is 17.7 Å². The van der Waals surface area contributed by atoms with Crippen molar-refractivity contribution >= 4 is 40.5 Å². The number of halogens is 2. The van der Waals surface area contributed by atoms with Gasteiger partial charge < -0.3 is 20.1 Å². The molecule has 0 aliphatic heterocycles. The van der Waals surface area contributed by atoms with Gasteiger partial charge in [0.15, 0.2) is 11.5 Å². The highest BCUT2D eigenvalue weighted by Gasteiger charge is 2.11. The number of rotatable bonds is 8. The molecule has 7 heteroatoms. The van der Waals surface area contributed by atoms with Gasteiger partial charge in [0.1, 0.15) is 6.61 Å². The normalized spacial score (nSPS) is 10.4. The Balaban J connectivity index is 1.66. The number of methoxy groups -OCH3 is 1. The van der Waals surface area contributed by atoms with E-state index in [-0.39, 0.29) is 5.91 Å². The van der Waals surface area contributed by atoms with E-state index in [1.165, 1.54) is 6.92 Å². The number of ether oxygens (including phenoxy) is 2. The summed E-state index contributed by atoms with van der Waals surface area (Å²) in [5.74, 6) is 1.05. The van der Waals surface area contributed by atoms with Gasteiger partial charge >= 0.3 is 0 Å². The van der Waals surface area contributed by atoms with Crippen molar-refractivity contribution in [2.24, 2.45) is 0 Å². The summed E-state index contributed by atoms with van der Waals surface area (Å²) >= 11 is 12.5. The Morgan fingerprint density at radius 3 is 2.37 bits per heavy atom. The van der Waals surface area contributed by atoms with E-state index in [2.05, 4.69) is 10.6 Å². The van der Waals surface area contributed by atoms with Crippen LogP contribution in [0.1, 0.15) is 18.1 Å². The third-order valence-electron chi connectivity index (χ3n) is 4.30. The molecule has 0 saturated carbocycles. The molecule has 3 aromatic rings. The van der Waals surface area contributed by atoms with Crippen LogP contribution >= 0.6 is 23.2 Å². The molecule has 0 aromatic heterocycles. The summed E-state index contributed by atoms with van der Waals surface area (Å²) in [6.07, 6.45) is 0. The summed E-state index contributed by atoms with van der Waals surface area (Å²) in [5, 5.41) is 7.27. The third-order valence-corrected chi connectivity index (χ3v) is 4.89. The molecule has 5 nitrogen and oxygen atoms in total. The molecule has 0 unspecified atom stereocenters. The summed E-state index contributed by atoms with van der Waals surface area (Å²) < 4.78 is 11.4. The molecular formula is C23H22Cl2N2O3. The average molecular weight is 445 g/mol. The number of benzene rings is 3. The summed E-state index contributed by atoms with van der Waals surface area (Å²) in [6, 6.07) is 18.5. The maximum Gasteiger partial charge on any atom is 0.221 e. The average Bonchev–Trinajstić information content (AvgIpc) is 2.72. The molecule has 0 radical (unpaired) electrons. The maximum atomic E-state index is 11.1. The minimum Gasteiger partial charge on any atom is -0.493 e. The van der Waals surface area contributed by atoms with Crippen molar-refractivity contribution in [1.82, 2.24) is 0 Å². The molecule has 0 aliphatic carbocycles. The first kappa shape index (κ1) is 21.8. The molecule has 0 aliphatic rings. The molecule has 0 heterocycles. The number of hydrogen-bond donors (Lipinski definition) is 2. The number of hydrogen-bond acceptors (Lipinski definition) is 4. The van der Waals surface area contributed by atoms with Crippen LogP contribution in [0.2, 0.25) is 10.0 Å². The summed E-state index contributed by atoms with van der Waals surface area (Å²) in [5.41, 5.74) is 3.47. The van der Waals surface area contributed by atoms with Crippen molar-refractivity contribution in [3.8, 4) is 11.5 Å². The van der Waals surface area contributed by atoms with E-state index in [9.17, 15) is 4.79 Å². The fourth-order valence-electron chi connectivity index (χ4n) is 2.84. The Bertz CT molecular complexity index is 1020. The highest BCUT2D eigenvalue weighted by Crippen LogP contribution is 2.34. The Morgan fingerprint density at radius 1 is 0.967 bits per heavy atom. The lowest BCUT2D eigenvalue weighted by Gasteiger charge is -2.15. The first-order valence-corrected chi connectivity index (χ1v) is 10.1. The lowest BCUT2D eigenvalue weighted by atomic mass is 10.2. The van der Waals surface area contributed by atoms with Gasteiger partial charge in [0, 0.05) is 41.0 Å². The monoisotopic (exact) mass is 444 g/mol. The van der Waals surface area contributed by atoms with Crippen LogP contribution in [0, 0.1) is 0 Å². The topological polar surface area (TPSA) is 59.6 Å². The zero-order chi connectivity index (χ0) is 21.5. The molecule has 0 saturated heterocycles. The van der Waals surface area contributed by atoms with Gasteiger partial charge in [0.05, 0.1) is 7.11 Å². The van der Waals surface area contributed by atoms with E-state index in [4.69, 9.17) is 32.7 Å². The number of carbonyl (C=O) groups excluding carboxylic acids is 1. The molecule has 0 atom stereocenters. The van der Waals surface area contributed by atoms with Crippen molar-refractivity contribution in [3.63, 3.8) is 0 Å². The van der Waals surface area contributed by atoms with Gasteiger partial charge in [0.2, 0.25) is 5.91 Å². The lowest BCUT2D eigenvalue weighted by molar-refractivity contribution is -0.114. The zero-order valence-electron chi connectivity index (χ0n) is 16.7. The minimum atomic E-state index is -0.104. The quantitative estimate of drug-likeness (QED) is 0.437. The van der Waals surface area contributed by atoms with Gasteiger partial charge in [-0.25, -0.2) is 0 Å². The summed E-state index contributed by atoms with van der Waals surface area (Å²) in [4.78, 5) is 11.1. The molecule has 3 aromatic carbocycles. The van der Waals surface area contributed by atoms with Crippen molar-refractivity contribution < 1.29 is 14.3 Å². The molecule has 3 rings (SSSR count). The molecule has 1 amide bonds. The van der Waals surface area contributed by atoms with Crippen LogP contribution in [0.3, 0.4) is 0 Å². The first-order chi connectivity index (χ1) is 14.4. The first-order valence-electron chi connectivity index (χ1n) is 9.30. The molecular weight excluding hydrogens is 423 g/mol. The zero-order valence-corrected chi connectivity index (χ0v) is 18.2. The molecule has 0 spiro atoms.